The molecule has 0 radical (unpaired) electrons. The van der Waals surface area contributed by atoms with Gasteiger partial charge in [0.15, 0.2) is 0 Å². The van der Waals surface area contributed by atoms with Crippen molar-refractivity contribution in [1.82, 2.24) is 10.2 Å². The van der Waals surface area contributed by atoms with Crippen molar-refractivity contribution >= 4 is 27.8 Å². The van der Waals surface area contributed by atoms with E-state index in [2.05, 4.69) is 10.2 Å². The summed E-state index contributed by atoms with van der Waals surface area (Å²) in [6.45, 7) is 10.7. The summed E-state index contributed by atoms with van der Waals surface area (Å²) in [6.07, 6.45) is 2.57. The molecule has 0 spiro atoms. The highest BCUT2D eigenvalue weighted by atomic mass is 16.5. The fourth-order valence-corrected chi connectivity index (χ4v) is 4.26. The van der Waals surface area contributed by atoms with Gasteiger partial charge in [-0.1, -0.05) is 0 Å². The number of hydrogen-bond acceptors (Lipinski definition) is 6. The van der Waals surface area contributed by atoms with Crippen LogP contribution < -0.4 is 10.9 Å². The molecule has 0 atom stereocenters. The summed E-state index contributed by atoms with van der Waals surface area (Å²) in [5.41, 5.74) is 3.89. The molecule has 160 valence electrons. The van der Waals surface area contributed by atoms with Crippen molar-refractivity contribution in [3.8, 4) is 0 Å². The molecule has 2 aromatic heterocycles. The van der Waals surface area contributed by atoms with Crippen LogP contribution in [0.5, 0.6) is 0 Å². The lowest BCUT2D eigenvalue weighted by atomic mass is 9.99. The molecular formula is C23H28N2O5. The Bertz CT molecular complexity index is 1140. The van der Waals surface area contributed by atoms with Gasteiger partial charge in [-0.2, -0.15) is 0 Å². The number of benzene rings is 1. The minimum Gasteiger partial charge on any atom is -0.463 e. The van der Waals surface area contributed by atoms with Crippen molar-refractivity contribution in [2.75, 3.05) is 39.4 Å². The summed E-state index contributed by atoms with van der Waals surface area (Å²) >= 11 is 0. The Morgan fingerprint density at radius 2 is 1.90 bits per heavy atom. The van der Waals surface area contributed by atoms with Crippen molar-refractivity contribution in [3.63, 3.8) is 0 Å². The maximum absolute atomic E-state index is 12.6. The first-order chi connectivity index (χ1) is 14.5. The van der Waals surface area contributed by atoms with E-state index in [1.54, 1.807) is 6.26 Å². The molecule has 4 rings (SSSR count). The van der Waals surface area contributed by atoms with E-state index in [0.717, 1.165) is 66.7 Å². The first-order valence-corrected chi connectivity index (χ1v) is 10.5. The van der Waals surface area contributed by atoms with Gasteiger partial charge in [0, 0.05) is 25.0 Å². The topological polar surface area (TPSA) is 84.9 Å². The molecule has 1 saturated heterocycles. The van der Waals surface area contributed by atoms with Crippen molar-refractivity contribution < 1.29 is 18.4 Å². The standard InChI is InChI=1S/C23H28N2O5/c1-14-11-18-21(22-20(14)15(2)13-29-22)16(3)17(23(27)30-18)12-19(26)24-5-4-6-25-7-9-28-10-8-25/h11,13H,4-10,12H2,1-3H3,(H,24,26). The van der Waals surface area contributed by atoms with Crippen LogP contribution in [-0.2, 0) is 16.0 Å². The molecule has 1 N–H and O–H groups in total. The van der Waals surface area contributed by atoms with Crippen molar-refractivity contribution in [3.05, 3.63) is 45.0 Å². The van der Waals surface area contributed by atoms with Gasteiger partial charge in [0.1, 0.15) is 11.2 Å². The highest BCUT2D eigenvalue weighted by Gasteiger charge is 2.20. The molecule has 1 aliphatic rings. The third kappa shape index (κ3) is 4.00. The third-order valence-electron chi connectivity index (χ3n) is 5.88. The highest BCUT2D eigenvalue weighted by molar-refractivity contribution is 6.07. The summed E-state index contributed by atoms with van der Waals surface area (Å²) in [5, 5.41) is 4.71. The maximum Gasteiger partial charge on any atom is 0.340 e. The SMILES string of the molecule is Cc1coc2c1c(C)cc1oc(=O)c(CC(=O)NCCCN3CCOCC3)c(C)c12. The minimum atomic E-state index is -0.467. The molecule has 1 fully saturated rings. The van der Waals surface area contributed by atoms with Crippen molar-refractivity contribution in [2.45, 2.75) is 33.6 Å². The van der Waals surface area contributed by atoms with Gasteiger partial charge in [0.05, 0.1) is 36.8 Å². The molecule has 1 aliphatic heterocycles. The van der Waals surface area contributed by atoms with E-state index in [0.29, 0.717) is 23.3 Å². The number of nitrogens with one attached hydrogen (secondary N) is 1. The average molecular weight is 412 g/mol. The van der Waals surface area contributed by atoms with Gasteiger partial charge in [-0.3, -0.25) is 9.69 Å². The van der Waals surface area contributed by atoms with E-state index >= 15 is 0 Å². The Morgan fingerprint density at radius 3 is 2.67 bits per heavy atom. The number of fused-ring (bicyclic) bond motifs is 3. The lowest BCUT2D eigenvalue weighted by Gasteiger charge is -2.26. The largest absolute Gasteiger partial charge is 0.463 e. The molecular weight excluding hydrogens is 384 g/mol. The van der Waals surface area contributed by atoms with Crippen LogP contribution in [0.4, 0.5) is 0 Å². The second-order valence-corrected chi connectivity index (χ2v) is 8.02. The lowest BCUT2D eigenvalue weighted by molar-refractivity contribution is -0.120. The van der Waals surface area contributed by atoms with E-state index in [1.807, 2.05) is 26.8 Å². The van der Waals surface area contributed by atoms with Crippen LogP contribution in [0, 0.1) is 20.8 Å². The molecule has 7 nitrogen and oxygen atoms in total. The second-order valence-electron chi connectivity index (χ2n) is 8.02. The first-order valence-electron chi connectivity index (χ1n) is 10.5. The van der Waals surface area contributed by atoms with E-state index < -0.39 is 5.63 Å². The van der Waals surface area contributed by atoms with E-state index in [4.69, 9.17) is 13.6 Å². The Hall–Kier alpha value is -2.64. The third-order valence-corrected chi connectivity index (χ3v) is 5.88. The smallest absolute Gasteiger partial charge is 0.340 e. The number of ether oxygens (including phenoxy) is 1. The van der Waals surface area contributed by atoms with Gasteiger partial charge in [-0.05, 0) is 56.5 Å². The lowest BCUT2D eigenvalue weighted by Crippen LogP contribution is -2.38. The molecule has 3 aromatic rings. The summed E-state index contributed by atoms with van der Waals surface area (Å²) in [6, 6.07) is 1.87. The van der Waals surface area contributed by atoms with Gasteiger partial charge in [-0.25, -0.2) is 4.79 Å². The summed E-state index contributed by atoms with van der Waals surface area (Å²) in [5.74, 6) is -0.175. The van der Waals surface area contributed by atoms with Crippen LogP contribution in [0.3, 0.4) is 0 Å². The van der Waals surface area contributed by atoms with Gasteiger partial charge >= 0.3 is 5.63 Å². The van der Waals surface area contributed by atoms with Crippen LogP contribution in [0.25, 0.3) is 21.9 Å². The molecule has 30 heavy (non-hydrogen) atoms. The summed E-state index contributed by atoms with van der Waals surface area (Å²) in [4.78, 5) is 27.4. The average Bonchev–Trinajstić information content (AvgIpc) is 3.11. The van der Waals surface area contributed by atoms with Crippen LogP contribution in [0.1, 0.15) is 28.7 Å². The predicted molar refractivity (Wildman–Crippen MR) is 115 cm³/mol. The molecule has 0 saturated carbocycles. The highest BCUT2D eigenvalue weighted by Crippen LogP contribution is 2.34. The summed E-state index contributed by atoms with van der Waals surface area (Å²) in [7, 11) is 0. The Kier molecular flexibility index (Phi) is 5.92. The normalized spacial score (nSPS) is 15.2. The number of nitrogens with zero attached hydrogens (tertiary/aromatic N) is 1. The predicted octanol–water partition coefficient (Wildman–Crippen LogP) is 2.85. The quantitative estimate of drug-likeness (QED) is 0.495. The number of morpholine rings is 1. The van der Waals surface area contributed by atoms with Crippen LogP contribution in [0.15, 0.2) is 26.0 Å². The molecule has 3 heterocycles. The summed E-state index contributed by atoms with van der Waals surface area (Å²) < 4.78 is 16.7. The molecule has 1 aromatic carbocycles. The van der Waals surface area contributed by atoms with Crippen LogP contribution in [-0.4, -0.2) is 50.2 Å². The van der Waals surface area contributed by atoms with Crippen molar-refractivity contribution in [2.24, 2.45) is 0 Å². The Morgan fingerprint density at radius 1 is 1.13 bits per heavy atom. The number of carbonyl (C=O) groups is 1. The van der Waals surface area contributed by atoms with Gasteiger partial charge in [0.2, 0.25) is 5.91 Å². The molecule has 7 heteroatoms. The zero-order valence-electron chi connectivity index (χ0n) is 17.8. The molecule has 0 bridgehead atoms. The second kappa shape index (κ2) is 8.62. The van der Waals surface area contributed by atoms with E-state index in [-0.39, 0.29) is 12.3 Å². The monoisotopic (exact) mass is 412 g/mol. The number of hydrogen-bond donors (Lipinski definition) is 1. The number of amides is 1. The molecule has 0 aliphatic carbocycles. The number of rotatable bonds is 6. The fourth-order valence-electron chi connectivity index (χ4n) is 4.26. The number of aryl methyl sites for hydroxylation is 3. The van der Waals surface area contributed by atoms with Gasteiger partial charge in [-0.15, -0.1) is 0 Å². The number of furan rings is 1. The molecule has 1 amide bonds. The first kappa shape index (κ1) is 20.6. The van der Waals surface area contributed by atoms with Crippen LogP contribution >= 0.6 is 0 Å². The van der Waals surface area contributed by atoms with Crippen molar-refractivity contribution in [1.29, 1.82) is 0 Å². The van der Waals surface area contributed by atoms with Crippen LogP contribution in [0.2, 0.25) is 0 Å². The Labute approximate surface area is 175 Å². The van der Waals surface area contributed by atoms with Gasteiger partial charge < -0.3 is 18.9 Å². The zero-order valence-corrected chi connectivity index (χ0v) is 17.8. The zero-order chi connectivity index (χ0) is 21.3. The Balaban J connectivity index is 1.49. The molecule has 0 unspecified atom stereocenters. The number of carbonyl (C=O) groups excluding carboxylic acids is 1. The fraction of sp³-hybridized carbons (Fsp3) is 0.478. The van der Waals surface area contributed by atoms with E-state index in [1.165, 1.54) is 0 Å². The minimum absolute atomic E-state index is 0.00325. The maximum atomic E-state index is 12.6. The van der Waals surface area contributed by atoms with E-state index in [9.17, 15) is 9.59 Å². The van der Waals surface area contributed by atoms with Gasteiger partial charge in [0.25, 0.3) is 0 Å².